The molecule has 3 rings (SSSR count). The summed E-state index contributed by atoms with van der Waals surface area (Å²) in [7, 11) is 0. The van der Waals surface area contributed by atoms with E-state index in [4.69, 9.17) is 14.2 Å². The molecular weight excluding hydrogens is 244 g/mol. The van der Waals surface area contributed by atoms with E-state index in [2.05, 4.69) is 0 Å². The first-order chi connectivity index (χ1) is 9.36. The van der Waals surface area contributed by atoms with Crippen LogP contribution in [0.4, 0.5) is 0 Å². The summed E-state index contributed by atoms with van der Waals surface area (Å²) in [6.07, 6.45) is 7.16. The predicted octanol–water partition coefficient (Wildman–Crippen LogP) is 3.19. The Hall–Kier alpha value is -1.71. The van der Waals surface area contributed by atoms with E-state index in [1.807, 2.05) is 0 Å². The molecule has 1 aliphatic carbocycles. The first kappa shape index (κ1) is 12.3. The van der Waals surface area contributed by atoms with E-state index in [9.17, 15) is 4.79 Å². The maximum atomic E-state index is 11.1. The van der Waals surface area contributed by atoms with Crippen LogP contribution >= 0.6 is 0 Å². The lowest BCUT2D eigenvalue weighted by Crippen LogP contribution is -2.15. The van der Waals surface area contributed by atoms with Crippen molar-refractivity contribution in [1.29, 1.82) is 0 Å². The molecular formula is C15H18O4. The van der Waals surface area contributed by atoms with Gasteiger partial charge in [0.15, 0.2) is 17.8 Å². The van der Waals surface area contributed by atoms with E-state index >= 15 is 0 Å². The van der Waals surface area contributed by atoms with Gasteiger partial charge in [0.1, 0.15) is 5.75 Å². The minimum Gasteiger partial charge on any atom is -0.492 e. The van der Waals surface area contributed by atoms with Crippen molar-refractivity contribution in [2.45, 2.75) is 32.1 Å². The maximum Gasteiger partial charge on any atom is 0.231 e. The van der Waals surface area contributed by atoms with E-state index in [-0.39, 0.29) is 6.79 Å². The zero-order valence-corrected chi connectivity index (χ0v) is 10.9. The summed E-state index contributed by atoms with van der Waals surface area (Å²) in [5.41, 5.74) is 0.528. The first-order valence-corrected chi connectivity index (χ1v) is 6.88. The lowest BCUT2D eigenvalue weighted by Gasteiger charge is -2.22. The fourth-order valence-corrected chi connectivity index (χ4v) is 2.72. The van der Waals surface area contributed by atoms with Crippen molar-refractivity contribution < 1.29 is 19.0 Å². The highest BCUT2D eigenvalue weighted by Crippen LogP contribution is 2.38. The van der Waals surface area contributed by atoms with Crippen LogP contribution < -0.4 is 14.2 Å². The van der Waals surface area contributed by atoms with Gasteiger partial charge in [0.2, 0.25) is 6.79 Å². The molecule has 0 aromatic heterocycles. The highest BCUT2D eigenvalue weighted by molar-refractivity contribution is 5.81. The van der Waals surface area contributed by atoms with Gasteiger partial charge in [0.25, 0.3) is 0 Å². The highest BCUT2D eigenvalue weighted by Gasteiger charge is 2.19. The number of rotatable bonds is 4. The van der Waals surface area contributed by atoms with Gasteiger partial charge in [-0.15, -0.1) is 0 Å². The Morgan fingerprint density at radius 2 is 1.89 bits per heavy atom. The van der Waals surface area contributed by atoms with Crippen LogP contribution in [-0.2, 0) is 0 Å². The summed E-state index contributed by atoms with van der Waals surface area (Å²) >= 11 is 0. The smallest absolute Gasteiger partial charge is 0.231 e. The largest absolute Gasteiger partial charge is 0.492 e. The second kappa shape index (κ2) is 5.51. The average Bonchev–Trinajstić information content (AvgIpc) is 2.92. The van der Waals surface area contributed by atoms with Gasteiger partial charge >= 0.3 is 0 Å². The van der Waals surface area contributed by atoms with E-state index in [1.54, 1.807) is 12.1 Å². The zero-order valence-electron chi connectivity index (χ0n) is 10.9. The van der Waals surface area contributed by atoms with Crippen LogP contribution in [0.1, 0.15) is 42.5 Å². The Balaban J connectivity index is 1.70. The van der Waals surface area contributed by atoms with E-state index < -0.39 is 0 Å². The number of ether oxygens (including phenoxy) is 3. The molecule has 0 amide bonds. The molecule has 1 aromatic rings. The summed E-state index contributed by atoms with van der Waals surface area (Å²) in [4.78, 5) is 11.1. The zero-order chi connectivity index (χ0) is 13.1. The van der Waals surface area contributed by atoms with Crippen molar-refractivity contribution in [3.8, 4) is 17.2 Å². The Morgan fingerprint density at radius 1 is 1.16 bits per heavy atom. The van der Waals surface area contributed by atoms with E-state index in [1.165, 1.54) is 32.1 Å². The van der Waals surface area contributed by atoms with Gasteiger partial charge in [0, 0.05) is 6.07 Å². The summed E-state index contributed by atoms with van der Waals surface area (Å²) in [6, 6.07) is 3.44. The second-order valence-corrected chi connectivity index (χ2v) is 5.18. The molecule has 0 unspecified atom stereocenters. The van der Waals surface area contributed by atoms with Crippen LogP contribution in [0, 0.1) is 5.92 Å². The van der Waals surface area contributed by atoms with Crippen molar-refractivity contribution in [2.75, 3.05) is 13.4 Å². The number of aldehydes is 1. The fraction of sp³-hybridized carbons (Fsp3) is 0.533. The van der Waals surface area contributed by atoms with Gasteiger partial charge in [-0.05, 0) is 24.8 Å². The van der Waals surface area contributed by atoms with Gasteiger partial charge < -0.3 is 14.2 Å². The molecule has 1 heterocycles. The van der Waals surface area contributed by atoms with Crippen molar-refractivity contribution in [3.05, 3.63) is 17.7 Å². The summed E-state index contributed by atoms with van der Waals surface area (Å²) in [5, 5.41) is 0. The Bertz CT molecular complexity index is 463. The molecule has 0 N–H and O–H groups in total. The van der Waals surface area contributed by atoms with Gasteiger partial charge in [-0.3, -0.25) is 4.79 Å². The van der Waals surface area contributed by atoms with E-state index in [0.717, 1.165) is 6.29 Å². The lowest BCUT2D eigenvalue weighted by molar-refractivity contribution is 0.111. The normalized spacial score (nSPS) is 18.3. The minimum absolute atomic E-state index is 0.208. The molecule has 2 aliphatic rings. The molecule has 1 aromatic carbocycles. The summed E-state index contributed by atoms with van der Waals surface area (Å²) in [5.74, 6) is 2.49. The number of hydrogen-bond donors (Lipinski definition) is 0. The van der Waals surface area contributed by atoms with Crippen molar-refractivity contribution in [3.63, 3.8) is 0 Å². The van der Waals surface area contributed by atoms with Gasteiger partial charge in [-0.1, -0.05) is 19.3 Å². The molecule has 4 heteroatoms. The molecule has 1 fully saturated rings. The quantitative estimate of drug-likeness (QED) is 0.782. The molecule has 19 heavy (non-hydrogen) atoms. The number of fused-ring (bicyclic) bond motifs is 1. The standard InChI is InChI=1S/C15H18O4/c16-8-12-6-14-15(19-10-18-14)7-13(12)17-9-11-4-2-1-3-5-11/h6-8,11H,1-5,9-10H2. The molecule has 0 saturated heterocycles. The number of carbonyl (C=O) groups is 1. The van der Waals surface area contributed by atoms with Crippen molar-refractivity contribution in [2.24, 2.45) is 5.92 Å². The second-order valence-electron chi connectivity index (χ2n) is 5.18. The monoisotopic (exact) mass is 262 g/mol. The van der Waals surface area contributed by atoms with Crippen LogP contribution in [0.5, 0.6) is 17.2 Å². The number of hydrogen-bond acceptors (Lipinski definition) is 4. The molecule has 0 radical (unpaired) electrons. The Kier molecular flexibility index (Phi) is 3.58. The third-order valence-corrected chi connectivity index (χ3v) is 3.83. The summed E-state index contributed by atoms with van der Waals surface area (Å²) in [6.45, 7) is 0.889. The van der Waals surface area contributed by atoms with E-state index in [0.29, 0.717) is 35.3 Å². The SMILES string of the molecule is O=Cc1cc2c(cc1OCC1CCCCC1)OCO2. The molecule has 0 spiro atoms. The highest BCUT2D eigenvalue weighted by atomic mass is 16.7. The number of carbonyl (C=O) groups excluding carboxylic acids is 1. The Labute approximate surface area is 112 Å². The Morgan fingerprint density at radius 3 is 2.63 bits per heavy atom. The van der Waals surface area contributed by atoms with Crippen molar-refractivity contribution in [1.82, 2.24) is 0 Å². The summed E-state index contributed by atoms with van der Waals surface area (Å²) < 4.78 is 16.4. The van der Waals surface area contributed by atoms with Gasteiger partial charge in [0.05, 0.1) is 12.2 Å². The van der Waals surface area contributed by atoms with Crippen LogP contribution in [0.15, 0.2) is 12.1 Å². The topological polar surface area (TPSA) is 44.8 Å². The van der Waals surface area contributed by atoms with Gasteiger partial charge in [-0.2, -0.15) is 0 Å². The predicted molar refractivity (Wildman–Crippen MR) is 70.0 cm³/mol. The average molecular weight is 262 g/mol. The van der Waals surface area contributed by atoms with Crippen molar-refractivity contribution >= 4 is 6.29 Å². The minimum atomic E-state index is 0.208. The van der Waals surface area contributed by atoms with Crippen LogP contribution in [0.3, 0.4) is 0 Å². The van der Waals surface area contributed by atoms with Crippen LogP contribution in [0.2, 0.25) is 0 Å². The molecule has 102 valence electrons. The van der Waals surface area contributed by atoms with Crippen LogP contribution in [0.25, 0.3) is 0 Å². The third-order valence-electron chi connectivity index (χ3n) is 3.83. The molecule has 1 saturated carbocycles. The van der Waals surface area contributed by atoms with Crippen LogP contribution in [-0.4, -0.2) is 19.7 Å². The maximum absolute atomic E-state index is 11.1. The lowest BCUT2D eigenvalue weighted by atomic mass is 9.90. The third kappa shape index (κ3) is 2.67. The molecule has 4 nitrogen and oxygen atoms in total. The fourth-order valence-electron chi connectivity index (χ4n) is 2.72. The molecule has 0 bridgehead atoms. The molecule has 1 aliphatic heterocycles. The molecule has 0 atom stereocenters. The van der Waals surface area contributed by atoms with Gasteiger partial charge in [-0.25, -0.2) is 0 Å². The first-order valence-electron chi connectivity index (χ1n) is 6.88. The number of benzene rings is 1.